The molecule has 0 radical (unpaired) electrons. The second kappa shape index (κ2) is 5.45. The van der Waals surface area contributed by atoms with Crippen LogP contribution in [-0.2, 0) is 6.54 Å². The molecule has 0 saturated carbocycles. The largest absolute Gasteiger partial charge is 0.322 e. The van der Waals surface area contributed by atoms with E-state index < -0.39 is 4.92 Å². The van der Waals surface area contributed by atoms with Crippen LogP contribution in [0.2, 0.25) is 0 Å². The number of hydrogen-bond acceptors (Lipinski definition) is 4. The van der Waals surface area contributed by atoms with Gasteiger partial charge in [0.25, 0.3) is 11.2 Å². The topological polar surface area (TPSA) is 88.0 Å². The lowest BCUT2D eigenvalue weighted by Crippen LogP contribution is -2.18. The van der Waals surface area contributed by atoms with E-state index in [1.807, 2.05) is 0 Å². The van der Waals surface area contributed by atoms with Crippen molar-refractivity contribution in [2.24, 2.45) is 0 Å². The molecule has 0 spiro atoms. The Labute approximate surface area is 109 Å². The molecule has 1 heterocycles. The zero-order chi connectivity index (χ0) is 13.8. The first-order valence-corrected chi connectivity index (χ1v) is 5.73. The summed E-state index contributed by atoms with van der Waals surface area (Å²) in [6, 6.07) is 9.61. The Balaban J connectivity index is 2.42. The maximum atomic E-state index is 11.8. The Bertz CT molecular complexity index is 664. The highest BCUT2D eigenvalue weighted by atomic mass is 16.6. The molecule has 0 amide bonds. The summed E-state index contributed by atoms with van der Waals surface area (Å²) in [7, 11) is 1.76. The number of nitrogens with zero attached hydrogens (tertiary/aromatic N) is 1. The number of aromatic nitrogens is 1. The van der Waals surface area contributed by atoms with Crippen LogP contribution in [-0.4, -0.2) is 17.0 Å². The average Bonchev–Trinajstić information content (AvgIpc) is 2.41. The van der Waals surface area contributed by atoms with Gasteiger partial charge in [0.05, 0.1) is 4.92 Å². The van der Waals surface area contributed by atoms with E-state index >= 15 is 0 Å². The average molecular weight is 259 g/mol. The molecule has 1 aromatic carbocycles. The first kappa shape index (κ1) is 13.0. The van der Waals surface area contributed by atoms with Crippen molar-refractivity contribution in [1.29, 1.82) is 0 Å². The van der Waals surface area contributed by atoms with Gasteiger partial charge in [-0.15, -0.1) is 0 Å². The number of aromatic amines is 1. The van der Waals surface area contributed by atoms with Crippen molar-refractivity contribution in [3.63, 3.8) is 0 Å². The number of H-pyrrole nitrogens is 1. The van der Waals surface area contributed by atoms with Gasteiger partial charge in [0.15, 0.2) is 0 Å². The van der Waals surface area contributed by atoms with E-state index in [2.05, 4.69) is 10.3 Å². The van der Waals surface area contributed by atoms with Gasteiger partial charge in [0, 0.05) is 35.5 Å². The van der Waals surface area contributed by atoms with Crippen LogP contribution in [0.15, 0.2) is 41.2 Å². The minimum absolute atomic E-state index is 0.00218. The fourth-order valence-corrected chi connectivity index (χ4v) is 1.79. The Morgan fingerprint density at radius 1 is 1.32 bits per heavy atom. The van der Waals surface area contributed by atoms with Gasteiger partial charge in [-0.1, -0.05) is 18.2 Å². The SMILES string of the molecule is CNCc1ccc(-c2cccc([N+](=O)[O-])c2)[nH]c1=O. The van der Waals surface area contributed by atoms with E-state index in [1.165, 1.54) is 12.1 Å². The van der Waals surface area contributed by atoms with Crippen LogP contribution >= 0.6 is 0 Å². The van der Waals surface area contributed by atoms with Crippen molar-refractivity contribution in [3.8, 4) is 11.3 Å². The number of hydrogen-bond donors (Lipinski definition) is 2. The van der Waals surface area contributed by atoms with E-state index in [0.29, 0.717) is 23.4 Å². The van der Waals surface area contributed by atoms with Crippen LogP contribution < -0.4 is 10.9 Å². The number of non-ortho nitro benzene ring substituents is 1. The van der Waals surface area contributed by atoms with Crippen LogP contribution in [0.1, 0.15) is 5.56 Å². The standard InChI is InChI=1S/C13H13N3O3/c1-14-8-10-5-6-12(15-13(10)17)9-3-2-4-11(7-9)16(18)19/h2-7,14H,8H2,1H3,(H,15,17). The Morgan fingerprint density at radius 3 is 2.74 bits per heavy atom. The van der Waals surface area contributed by atoms with Crippen molar-refractivity contribution in [2.45, 2.75) is 6.54 Å². The third-order valence-electron chi connectivity index (χ3n) is 2.73. The summed E-state index contributed by atoms with van der Waals surface area (Å²) in [6.07, 6.45) is 0. The molecule has 0 atom stereocenters. The van der Waals surface area contributed by atoms with Crippen LogP contribution in [0.4, 0.5) is 5.69 Å². The maximum absolute atomic E-state index is 11.8. The molecular formula is C13H13N3O3. The monoisotopic (exact) mass is 259 g/mol. The van der Waals surface area contributed by atoms with Crippen molar-refractivity contribution in [3.05, 3.63) is 62.4 Å². The minimum atomic E-state index is -0.461. The summed E-state index contributed by atoms with van der Waals surface area (Å²) in [5.41, 5.74) is 1.60. The maximum Gasteiger partial charge on any atom is 0.270 e. The Kier molecular flexibility index (Phi) is 3.72. The summed E-state index contributed by atoms with van der Waals surface area (Å²) in [6.45, 7) is 0.477. The summed E-state index contributed by atoms with van der Waals surface area (Å²) >= 11 is 0. The number of pyridine rings is 1. The molecule has 98 valence electrons. The van der Waals surface area contributed by atoms with Gasteiger partial charge < -0.3 is 10.3 Å². The molecular weight excluding hydrogens is 246 g/mol. The molecule has 1 aromatic heterocycles. The molecule has 6 nitrogen and oxygen atoms in total. The number of nitrogens with one attached hydrogen (secondary N) is 2. The van der Waals surface area contributed by atoms with Crippen LogP contribution in [0.5, 0.6) is 0 Å². The van der Waals surface area contributed by atoms with Gasteiger partial charge in [0.1, 0.15) is 0 Å². The summed E-state index contributed by atoms with van der Waals surface area (Å²) < 4.78 is 0. The molecule has 2 aromatic rings. The second-order valence-electron chi connectivity index (χ2n) is 4.06. The fourth-order valence-electron chi connectivity index (χ4n) is 1.79. The lowest BCUT2D eigenvalue weighted by Gasteiger charge is -2.04. The van der Waals surface area contributed by atoms with Gasteiger partial charge in [0.2, 0.25) is 0 Å². The number of benzene rings is 1. The number of nitro benzene ring substituents is 1. The van der Waals surface area contributed by atoms with Gasteiger partial charge in [-0.05, 0) is 13.1 Å². The summed E-state index contributed by atoms with van der Waals surface area (Å²) in [5.74, 6) is 0. The predicted octanol–water partition coefficient (Wildman–Crippen LogP) is 1.67. The molecule has 0 aliphatic carbocycles. The zero-order valence-electron chi connectivity index (χ0n) is 10.3. The van der Waals surface area contributed by atoms with E-state index in [-0.39, 0.29) is 11.2 Å². The molecule has 0 unspecified atom stereocenters. The molecule has 6 heteroatoms. The van der Waals surface area contributed by atoms with E-state index in [9.17, 15) is 14.9 Å². The second-order valence-corrected chi connectivity index (χ2v) is 4.06. The first-order chi connectivity index (χ1) is 9.11. The first-order valence-electron chi connectivity index (χ1n) is 5.73. The lowest BCUT2D eigenvalue weighted by atomic mass is 10.1. The lowest BCUT2D eigenvalue weighted by molar-refractivity contribution is -0.384. The van der Waals surface area contributed by atoms with Gasteiger partial charge in [-0.2, -0.15) is 0 Å². The summed E-state index contributed by atoms with van der Waals surface area (Å²) in [5, 5.41) is 13.6. The fraction of sp³-hybridized carbons (Fsp3) is 0.154. The third-order valence-corrected chi connectivity index (χ3v) is 2.73. The highest BCUT2D eigenvalue weighted by molar-refractivity contribution is 5.62. The van der Waals surface area contributed by atoms with Crippen molar-refractivity contribution in [1.82, 2.24) is 10.3 Å². The van der Waals surface area contributed by atoms with E-state index in [0.717, 1.165) is 0 Å². The van der Waals surface area contributed by atoms with Crippen LogP contribution in [0.3, 0.4) is 0 Å². The van der Waals surface area contributed by atoms with Crippen molar-refractivity contribution < 1.29 is 4.92 Å². The quantitative estimate of drug-likeness (QED) is 0.645. The highest BCUT2D eigenvalue weighted by Crippen LogP contribution is 2.21. The van der Waals surface area contributed by atoms with Gasteiger partial charge in [-0.25, -0.2) is 0 Å². The minimum Gasteiger partial charge on any atom is -0.322 e. The third kappa shape index (κ3) is 2.86. The molecule has 19 heavy (non-hydrogen) atoms. The number of nitro groups is 1. The Hall–Kier alpha value is -2.47. The smallest absolute Gasteiger partial charge is 0.270 e. The van der Waals surface area contributed by atoms with Crippen LogP contribution in [0.25, 0.3) is 11.3 Å². The Morgan fingerprint density at radius 2 is 2.11 bits per heavy atom. The van der Waals surface area contributed by atoms with Crippen molar-refractivity contribution >= 4 is 5.69 Å². The van der Waals surface area contributed by atoms with Gasteiger partial charge >= 0.3 is 0 Å². The molecule has 2 rings (SSSR count). The zero-order valence-corrected chi connectivity index (χ0v) is 10.3. The summed E-state index contributed by atoms with van der Waals surface area (Å²) in [4.78, 5) is 24.8. The van der Waals surface area contributed by atoms with Gasteiger partial charge in [-0.3, -0.25) is 14.9 Å². The molecule has 0 fully saturated rings. The van der Waals surface area contributed by atoms with Crippen molar-refractivity contribution in [2.75, 3.05) is 7.05 Å². The van der Waals surface area contributed by atoms with Crippen LogP contribution in [0, 0.1) is 10.1 Å². The normalized spacial score (nSPS) is 10.4. The molecule has 0 aliphatic rings. The number of rotatable bonds is 4. The molecule has 0 saturated heterocycles. The van der Waals surface area contributed by atoms with E-state index in [4.69, 9.17) is 0 Å². The van der Waals surface area contributed by atoms with E-state index in [1.54, 1.807) is 31.3 Å². The molecule has 0 aliphatic heterocycles. The molecule has 0 bridgehead atoms. The highest BCUT2D eigenvalue weighted by Gasteiger charge is 2.08. The predicted molar refractivity (Wildman–Crippen MR) is 71.9 cm³/mol. The molecule has 2 N–H and O–H groups in total.